The third-order valence-electron chi connectivity index (χ3n) is 11.9. The Labute approximate surface area is 447 Å². The van der Waals surface area contributed by atoms with Gasteiger partial charge in [-0.15, -0.1) is 0 Å². The van der Waals surface area contributed by atoms with Gasteiger partial charge in [0.05, 0.1) is 26.1 Å². The molecule has 6 rings (SSSR count). The van der Waals surface area contributed by atoms with Crippen LogP contribution in [0.4, 0.5) is 5.82 Å². The van der Waals surface area contributed by atoms with E-state index in [0.29, 0.717) is 4.57 Å². The number of aliphatic carboxylic acids is 1. The topological polar surface area (TPSA) is 582 Å². The number of carbonyl (C=O) groups is 5. The summed E-state index contributed by atoms with van der Waals surface area (Å²) in [6.45, 7) is -0.256. The predicted molar refractivity (Wildman–Crippen MR) is 254 cm³/mol. The summed E-state index contributed by atoms with van der Waals surface area (Å²) in [5.74, 6) is -6.41. The minimum Gasteiger partial charge on any atom is -0.480 e. The first-order valence-electron chi connectivity index (χ1n) is 23.2. The van der Waals surface area contributed by atoms with Gasteiger partial charge in [0, 0.05) is 25.6 Å². The molecule has 0 radical (unpaired) electrons. The summed E-state index contributed by atoms with van der Waals surface area (Å²) >= 11 is 0. The molecular formula is C38H55N11O28P2S. The van der Waals surface area contributed by atoms with Gasteiger partial charge in [-0.25, -0.2) is 38.4 Å². The summed E-state index contributed by atoms with van der Waals surface area (Å²) in [5, 5.41) is 79.3. The number of aromatic nitrogens is 6. The molecule has 0 aliphatic carbocycles. The molecule has 0 bridgehead atoms. The fourth-order valence-corrected chi connectivity index (χ4v) is 10.9. The first-order chi connectivity index (χ1) is 37.3. The molecule has 3 saturated heterocycles. The highest BCUT2D eigenvalue weighted by atomic mass is 32.2. The number of nitrogens with two attached hydrogens (primary N) is 1. The van der Waals surface area contributed by atoms with Gasteiger partial charge in [0.25, 0.3) is 5.56 Å². The first kappa shape index (κ1) is 63.3. The maximum atomic E-state index is 13.3. The van der Waals surface area contributed by atoms with E-state index < -0.39 is 197 Å². The molecule has 3 aromatic heterocycles. The second-order valence-corrected chi connectivity index (χ2v) is 22.1. The SMILES string of the molecule is CC(=O)NC1[C@H](OP(=O)(O)OP(=O)(O)OCC2OC(n3ccc(=O)[nH]c3=O)C(O)C2O)OC(CO)[C@@H](O)[C@@H]1O[C@H](C)C(=O)N[C@@H](C)C(=O)NC(CCC(=O)NS(=O)(=O)OC[C@H]1O[C@@H](n2cnc3c(N)ncnc32)[C@H](O)[C@@H]1O)C(=O)O. The molecule has 16 N–H and O–H groups in total. The van der Waals surface area contributed by atoms with Gasteiger partial charge in [-0.2, -0.15) is 12.7 Å². The zero-order chi connectivity index (χ0) is 59.3. The molecule has 39 nitrogen and oxygen atoms in total. The molecule has 80 heavy (non-hydrogen) atoms. The Morgan fingerprint density at radius 1 is 0.863 bits per heavy atom. The van der Waals surface area contributed by atoms with Crippen molar-refractivity contribution in [1.29, 1.82) is 0 Å². The molecule has 42 heteroatoms. The molecule has 0 spiro atoms. The number of carboxylic acids is 1. The Morgan fingerprint density at radius 2 is 1.50 bits per heavy atom. The van der Waals surface area contributed by atoms with Crippen LogP contribution < -0.4 is 37.7 Å². The highest BCUT2D eigenvalue weighted by Gasteiger charge is 2.52. The number of H-pyrrole nitrogens is 1. The van der Waals surface area contributed by atoms with E-state index in [-0.39, 0.29) is 17.0 Å². The smallest absolute Gasteiger partial charge is 0.480 e. The van der Waals surface area contributed by atoms with Crippen molar-refractivity contribution >= 4 is 72.5 Å². The van der Waals surface area contributed by atoms with Crippen LogP contribution >= 0.6 is 15.6 Å². The predicted octanol–water partition coefficient (Wildman–Crippen LogP) is -7.96. The number of imidazole rings is 1. The number of ether oxygens (including phenoxy) is 4. The van der Waals surface area contributed by atoms with Gasteiger partial charge < -0.3 is 86.2 Å². The van der Waals surface area contributed by atoms with E-state index in [2.05, 4.69) is 34.4 Å². The molecular weight excluding hydrogens is 1150 g/mol. The van der Waals surface area contributed by atoms with E-state index in [1.807, 2.05) is 10.3 Å². The number of nitrogens with zero attached hydrogens (tertiary/aromatic N) is 5. The van der Waals surface area contributed by atoms with Gasteiger partial charge in [-0.3, -0.25) is 51.3 Å². The van der Waals surface area contributed by atoms with E-state index in [0.717, 1.165) is 39.4 Å². The fraction of sp³-hybridized carbons (Fsp3) is 0.632. The number of amides is 4. The first-order valence-corrected chi connectivity index (χ1v) is 27.6. The number of nitrogen functional groups attached to an aromatic ring is 1. The van der Waals surface area contributed by atoms with Crippen molar-refractivity contribution < 1.29 is 124 Å². The lowest BCUT2D eigenvalue weighted by Crippen LogP contribution is -2.66. The summed E-state index contributed by atoms with van der Waals surface area (Å²) < 4.78 is 95.3. The van der Waals surface area contributed by atoms with E-state index in [9.17, 15) is 96.6 Å². The molecule has 4 amide bonds. The fourth-order valence-electron chi connectivity index (χ4n) is 7.96. The Balaban J connectivity index is 0.993. The van der Waals surface area contributed by atoms with Crippen LogP contribution in [0.25, 0.3) is 11.2 Å². The molecule has 0 saturated carbocycles. The highest BCUT2D eigenvalue weighted by Crippen LogP contribution is 2.61. The molecule has 0 aromatic carbocycles. The number of rotatable bonds is 25. The molecule has 3 aliphatic heterocycles. The van der Waals surface area contributed by atoms with Crippen LogP contribution in [0.5, 0.6) is 0 Å². The minimum absolute atomic E-state index is 0.00397. The van der Waals surface area contributed by atoms with Crippen molar-refractivity contribution in [2.24, 2.45) is 0 Å². The zero-order valence-corrected chi connectivity index (χ0v) is 44.1. The number of aromatic amines is 1. The monoisotopic (exact) mass is 1210 g/mol. The molecule has 6 heterocycles. The molecule has 3 aliphatic rings. The lowest BCUT2D eigenvalue weighted by molar-refractivity contribution is -0.261. The number of fused-ring (bicyclic) bond motifs is 1. The quantitative estimate of drug-likeness (QED) is 0.0350. The normalized spacial score (nSPS) is 29.6. The number of hydrogen-bond acceptors (Lipinski definition) is 29. The van der Waals surface area contributed by atoms with Gasteiger partial charge >= 0.3 is 37.6 Å². The molecule has 3 aromatic rings. The van der Waals surface area contributed by atoms with E-state index in [1.54, 1.807) is 0 Å². The minimum atomic E-state index is -5.97. The van der Waals surface area contributed by atoms with E-state index in [4.69, 9.17) is 33.4 Å². The Morgan fingerprint density at radius 3 is 2.11 bits per heavy atom. The largest absolute Gasteiger partial charge is 0.483 e. The zero-order valence-electron chi connectivity index (χ0n) is 41.5. The van der Waals surface area contributed by atoms with Crippen LogP contribution in [0.15, 0.2) is 34.5 Å². The number of nitrogens with one attached hydrogen (secondary N) is 5. The number of carboxylic acid groups (broad SMARTS) is 1. The Hall–Kier alpha value is -5.85. The lowest BCUT2D eigenvalue weighted by Gasteiger charge is -2.44. The van der Waals surface area contributed by atoms with Crippen LogP contribution in [0.3, 0.4) is 0 Å². The molecule has 3 fully saturated rings. The third-order valence-corrected chi connectivity index (χ3v) is 15.4. The third kappa shape index (κ3) is 15.6. The van der Waals surface area contributed by atoms with Crippen molar-refractivity contribution in [2.75, 3.05) is 25.6 Å². The van der Waals surface area contributed by atoms with Crippen LogP contribution in [0, 0.1) is 0 Å². The summed E-state index contributed by atoms with van der Waals surface area (Å²) in [6, 6.07) is -4.60. The number of phosphoric ester groups is 2. The summed E-state index contributed by atoms with van der Waals surface area (Å²) in [5.41, 5.74) is 4.12. The standard InChI is InChI=1S/C38H55N11O28P2S/c1-13(32(59)45-16(36(61)62)4-5-21(53)47-80(68,69)71-10-19-25(55)28(58)35(74-19)49-12-42-23-30(39)40-11-41-31(23)49)43-33(60)14(2)72-29-22(44-15(3)51)37(75-17(8-50)26(29)56)76-79(66,67)77-78(64,65)70-9-18-24(54)27(57)34(73-18)48-7-6-20(52)46-38(48)63/h6-7,11-14,16-19,22,24-29,34-35,37,50,54-58H,4-5,8-10H2,1-3H3,(H,43,60)(H,44,51)(H,45,59)(H,47,53)(H,61,62)(H,64,65)(H,66,67)(H2,39,40,41)(H,46,52,63)/t13-,14+,16?,17?,18?,19+,22?,24?,25+,26+,27?,28+,29+,34?,35+,37-/m0/s1. The number of carbonyl (C=O) groups excluding carboxylic acids is 4. The molecule has 9 unspecified atom stereocenters. The average molecular weight is 1210 g/mol. The summed E-state index contributed by atoms with van der Waals surface area (Å²) in [6.07, 6.45) is -21.9. The molecule has 18 atom stereocenters. The summed E-state index contributed by atoms with van der Waals surface area (Å²) in [7, 11) is -16.7. The van der Waals surface area contributed by atoms with Gasteiger partial charge in [0.2, 0.25) is 23.6 Å². The summed E-state index contributed by atoms with van der Waals surface area (Å²) in [4.78, 5) is 122. The number of aliphatic hydroxyl groups is 6. The van der Waals surface area contributed by atoms with Crippen molar-refractivity contribution in [2.45, 2.75) is 132 Å². The van der Waals surface area contributed by atoms with Crippen molar-refractivity contribution in [1.82, 2.24) is 49.7 Å². The van der Waals surface area contributed by atoms with Crippen molar-refractivity contribution in [3.63, 3.8) is 0 Å². The second kappa shape index (κ2) is 25.9. The number of aliphatic hydroxyl groups excluding tert-OH is 6. The average Bonchev–Trinajstić information content (AvgIpc) is 4.18. The van der Waals surface area contributed by atoms with E-state index >= 15 is 0 Å². The number of phosphoric acid groups is 2. The van der Waals surface area contributed by atoms with Gasteiger partial charge in [0.1, 0.15) is 91.0 Å². The van der Waals surface area contributed by atoms with Gasteiger partial charge in [0.15, 0.2) is 30.2 Å². The Kier molecular flexibility index (Phi) is 20.5. The van der Waals surface area contributed by atoms with Gasteiger partial charge in [-0.05, 0) is 20.3 Å². The van der Waals surface area contributed by atoms with Crippen molar-refractivity contribution in [3.8, 4) is 0 Å². The number of anilines is 1. The van der Waals surface area contributed by atoms with E-state index in [1.165, 1.54) is 15.6 Å². The van der Waals surface area contributed by atoms with Crippen LogP contribution in [0.2, 0.25) is 0 Å². The number of hydrogen-bond donors (Lipinski definition) is 15. The highest BCUT2D eigenvalue weighted by molar-refractivity contribution is 7.85. The van der Waals surface area contributed by atoms with Crippen molar-refractivity contribution in [3.05, 3.63) is 45.8 Å². The second-order valence-electron chi connectivity index (χ2n) is 17.7. The van der Waals surface area contributed by atoms with Gasteiger partial charge in [-0.1, -0.05) is 0 Å². The van der Waals surface area contributed by atoms with Crippen LogP contribution in [-0.2, 0) is 79.9 Å². The molecule has 446 valence electrons. The maximum absolute atomic E-state index is 13.3. The Bertz CT molecular complexity index is 3100. The maximum Gasteiger partial charge on any atom is 0.483 e. The van der Waals surface area contributed by atoms with Crippen LogP contribution in [0.1, 0.15) is 46.1 Å². The lowest BCUT2D eigenvalue weighted by atomic mass is 9.96. The van der Waals surface area contributed by atoms with Crippen LogP contribution in [-0.4, -0.2) is 218 Å².